The molecule has 30 heavy (non-hydrogen) atoms. The normalized spacial score (nSPS) is 16.5. The molecule has 0 unspecified atom stereocenters. The van der Waals surface area contributed by atoms with Gasteiger partial charge in [-0.15, -0.1) is 0 Å². The molecule has 3 aromatic rings. The molecule has 2 heterocycles. The van der Waals surface area contributed by atoms with Gasteiger partial charge in [-0.1, -0.05) is 60.7 Å². The van der Waals surface area contributed by atoms with Crippen LogP contribution < -0.4 is 9.47 Å². The lowest BCUT2D eigenvalue weighted by molar-refractivity contribution is 0.113. The molecule has 0 radical (unpaired) electrons. The number of hydrazone groups is 1. The van der Waals surface area contributed by atoms with E-state index in [4.69, 9.17) is 14.6 Å². The van der Waals surface area contributed by atoms with Crippen LogP contribution in [0.25, 0.3) is 0 Å². The van der Waals surface area contributed by atoms with E-state index in [-0.39, 0.29) is 6.04 Å². The summed E-state index contributed by atoms with van der Waals surface area (Å²) in [6.07, 6.45) is 1.91. The fraction of sp³-hybridized carbons (Fsp3) is 0.240. The van der Waals surface area contributed by atoms with Crippen LogP contribution in [0.2, 0.25) is 0 Å². The number of fused-ring (bicyclic) bond motifs is 1. The van der Waals surface area contributed by atoms with Crippen LogP contribution in [-0.4, -0.2) is 49.1 Å². The number of rotatable bonds is 5. The highest BCUT2D eigenvalue weighted by molar-refractivity contribution is 5.80. The summed E-state index contributed by atoms with van der Waals surface area (Å²) < 4.78 is 10.8. The van der Waals surface area contributed by atoms with E-state index in [1.807, 2.05) is 24.4 Å². The SMILES string of the molecule is C(=N\N1CCN(C(c2ccccc2)c2ccccc2)CC1)/c1ccc2c(c1)OCO2. The molecule has 152 valence electrons. The van der Waals surface area contributed by atoms with Gasteiger partial charge in [0, 0.05) is 26.2 Å². The van der Waals surface area contributed by atoms with Gasteiger partial charge in [-0.3, -0.25) is 9.91 Å². The second-order valence-electron chi connectivity index (χ2n) is 7.57. The van der Waals surface area contributed by atoms with Crippen molar-refractivity contribution in [2.45, 2.75) is 6.04 Å². The first-order chi connectivity index (χ1) is 14.9. The zero-order valence-corrected chi connectivity index (χ0v) is 16.9. The quantitative estimate of drug-likeness (QED) is 0.604. The van der Waals surface area contributed by atoms with Crippen LogP contribution in [0.4, 0.5) is 0 Å². The smallest absolute Gasteiger partial charge is 0.231 e. The van der Waals surface area contributed by atoms with Gasteiger partial charge in [0.1, 0.15) is 0 Å². The zero-order valence-electron chi connectivity index (χ0n) is 16.9. The van der Waals surface area contributed by atoms with Gasteiger partial charge in [-0.25, -0.2) is 0 Å². The minimum Gasteiger partial charge on any atom is -0.454 e. The van der Waals surface area contributed by atoms with E-state index in [9.17, 15) is 0 Å². The summed E-state index contributed by atoms with van der Waals surface area (Å²) in [5.41, 5.74) is 3.69. The van der Waals surface area contributed by atoms with Crippen LogP contribution in [-0.2, 0) is 0 Å². The van der Waals surface area contributed by atoms with Crippen molar-refractivity contribution >= 4 is 6.21 Å². The predicted octanol–water partition coefficient (Wildman–Crippen LogP) is 4.16. The Balaban J connectivity index is 1.27. The average Bonchev–Trinajstić information content (AvgIpc) is 3.28. The van der Waals surface area contributed by atoms with Gasteiger partial charge in [-0.2, -0.15) is 5.10 Å². The van der Waals surface area contributed by atoms with Gasteiger partial charge in [0.05, 0.1) is 12.3 Å². The van der Waals surface area contributed by atoms with Crippen LogP contribution in [0, 0.1) is 0 Å². The average molecular weight is 399 g/mol. The van der Waals surface area contributed by atoms with E-state index < -0.39 is 0 Å². The molecule has 3 aromatic carbocycles. The number of piperazine rings is 1. The molecule has 2 aliphatic heterocycles. The van der Waals surface area contributed by atoms with Gasteiger partial charge in [-0.05, 0) is 34.9 Å². The minimum atomic E-state index is 0.271. The maximum atomic E-state index is 5.45. The summed E-state index contributed by atoms with van der Waals surface area (Å²) in [6, 6.07) is 27.7. The van der Waals surface area contributed by atoms with E-state index in [0.29, 0.717) is 6.79 Å². The first-order valence-corrected chi connectivity index (χ1v) is 10.4. The molecule has 0 aromatic heterocycles. The number of hydrogen-bond acceptors (Lipinski definition) is 5. The molecule has 0 bridgehead atoms. The number of ether oxygens (including phenoxy) is 2. The Kier molecular flexibility index (Phi) is 5.36. The second kappa shape index (κ2) is 8.59. The predicted molar refractivity (Wildman–Crippen MR) is 118 cm³/mol. The van der Waals surface area contributed by atoms with Crippen LogP contribution in [0.15, 0.2) is 84.0 Å². The maximum Gasteiger partial charge on any atom is 0.231 e. The zero-order chi connectivity index (χ0) is 20.2. The lowest BCUT2D eigenvalue weighted by atomic mass is 9.96. The van der Waals surface area contributed by atoms with Gasteiger partial charge in [0.15, 0.2) is 11.5 Å². The third kappa shape index (κ3) is 4.02. The summed E-state index contributed by atoms with van der Waals surface area (Å²) in [5.74, 6) is 1.59. The summed E-state index contributed by atoms with van der Waals surface area (Å²) in [6.45, 7) is 4.02. The highest BCUT2D eigenvalue weighted by Crippen LogP contribution is 2.32. The second-order valence-corrected chi connectivity index (χ2v) is 7.57. The van der Waals surface area contributed by atoms with Crippen molar-refractivity contribution in [3.05, 3.63) is 95.6 Å². The van der Waals surface area contributed by atoms with Crippen LogP contribution >= 0.6 is 0 Å². The fourth-order valence-electron chi connectivity index (χ4n) is 4.11. The van der Waals surface area contributed by atoms with E-state index >= 15 is 0 Å². The summed E-state index contributed by atoms with van der Waals surface area (Å²) in [5, 5.41) is 6.85. The standard InChI is InChI=1S/C25H25N3O2/c1-3-7-21(8-4-1)25(22-9-5-2-6-10-22)27-13-15-28(16-14-27)26-18-20-11-12-23-24(17-20)30-19-29-23/h1-12,17-18,25H,13-16,19H2/b26-18+. The van der Waals surface area contributed by atoms with Gasteiger partial charge >= 0.3 is 0 Å². The molecule has 5 rings (SSSR count). The molecule has 0 saturated carbocycles. The molecular formula is C25H25N3O2. The van der Waals surface area contributed by atoms with Crippen molar-refractivity contribution in [3.63, 3.8) is 0 Å². The molecule has 1 saturated heterocycles. The molecule has 0 amide bonds. The number of benzene rings is 3. The molecular weight excluding hydrogens is 374 g/mol. The lowest BCUT2D eigenvalue weighted by Gasteiger charge is -2.38. The molecule has 5 nitrogen and oxygen atoms in total. The van der Waals surface area contributed by atoms with Crippen molar-refractivity contribution in [2.24, 2.45) is 5.10 Å². The molecule has 2 aliphatic rings. The Labute approximate surface area is 177 Å². The Hall–Kier alpha value is -3.31. The molecule has 5 heteroatoms. The summed E-state index contributed by atoms with van der Waals surface area (Å²) >= 11 is 0. The van der Waals surface area contributed by atoms with Gasteiger partial charge in [0.25, 0.3) is 0 Å². The van der Waals surface area contributed by atoms with Crippen molar-refractivity contribution in [2.75, 3.05) is 33.0 Å². The highest BCUT2D eigenvalue weighted by atomic mass is 16.7. The number of hydrogen-bond donors (Lipinski definition) is 0. The molecule has 1 fully saturated rings. The van der Waals surface area contributed by atoms with Crippen LogP contribution in [0.5, 0.6) is 11.5 Å². The number of nitrogens with zero attached hydrogens (tertiary/aromatic N) is 3. The van der Waals surface area contributed by atoms with Gasteiger partial charge < -0.3 is 9.47 Å². The fourth-order valence-corrected chi connectivity index (χ4v) is 4.11. The van der Waals surface area contributed by atoms with E-state index in [1.54, 1.807) is 0 Å². The van der Waals surface area contributed by atoms with Crippen molar-refractivity contribution in [1.82, 2.24) is 9.91 Å². The largest absolute Gasteiger partial charge is 0.454 e. The maximum absolute atomic E-state index is 5.45. The Morgan fingerprint density at radius 1 is 0.733 bits per heavy atom. The Morgan fingerprint density at radius 3 is 2.03 bits per heavy atom. The van der Waals surface area contributed by atoms with Gasteiger partial charge in [0.2, 0.25) is 6.79 Å². The lowest BCUT2D eigenvalue weighted by Crippen LogP contribution is -2.45. The molecule has 0 N–H and O–H groups in total. The van der Waals surface area contributed by atoms with Crippen molar-refractivity contribution in [1.29, 1.82) is 0 Å². The Bertz CT molecular complexity index is 960. The van der Waals surface area contributed by atoms with E-state index in [2.05, 4.69) is 70.6 Å². The summed E-state index contributed by atoms with van der Waals surface area (Å²) in [4.78, 5) is 2.55. The first kappa shape index (κ1) is 18.7. The Morgan fingerprint density at radius 2 is 1.37 bits per heavy atom. The third-order valence-corrected chi connectivity index (χ3v) is 5.65. The minimum absolute atomic E-state index is 0.271. The summed E-state index contributed by atoms with van der Waals surface area (Å²) in [7, 11) is 0. The van der Waals surface area contributed by atoms with E-state index in [0.717, 1.165) is 43.2 Å². The van der Waals surface area contributed by atoms with Crippen LogP contribution in [0.3, 0.4) is 0 Å². The molecule has 0 aliphatic carbocycles. The van der Waals surface area contributed by atoms with Crippen LogP contribution in [0.1, 0.15) is 22.7 Å². The highest BCUT2D eigenvalue weighted by Gasteiger charge is 2.25. The van der Waals surface area contributed by atoms with E-state index in [1.165, 1.54) is 11.1 Å². The van der Waals surface area contributed by atoms with Crippen molar-refractivity contribution < 1.29 is 9.47 Å². The topological polar surface area (TPSA) is 37.3 Å². The third-order valence-electron chi connectivity index (χ3n) is 5.65. The monoisotopic (exact) mass is 399 g/mol. The molecule has 0 spiro atoms. The molecule has 0 atom stereocenters. The first-order valence-electron chi connectivity index (χ1n) is 10.4. The van der Waals surface area contributed by atoms with Crippen molar-refractivity contribution in [3.8, 4) is 11.5 Å².